The van der Waals surface area contributed by atoms with Crippen LogP contribution in [0.1, 0.15) is 29.2 Å². The highest BCUT2D eigenvalue weighted by Gasteiger charge is 2.47. The Morgan fingerprint density at radius 1 is 1.15 bits per heavy atom. The molecule has 3 N–H and O–H groups in total. The van der Waals surface area contributed by atoms with E-state index in [0.29, 0.717) is 5.69 Å². The smallest absolute Gasteiger partial charge is 0.163 e. The van der Waals surface area contributed by atoms with Crippen LogP contribution in [-0.4, -0.2) is 38.2 Å². The van der Waals surface area contributed by atoms with Gasteiger partial charge in [0, 0.05) is 17.5 Å². The van der Waals surface area contributed by atoms with E-state index in [1.54, 1.807) is 6.92 Å². The van der Waals surface area contributed by atoms with Crippen molar-refractivity contribution >= 4 is 6.08 Å². The molecule has 8 heteroatoms. The van der Waals surface area contributed by atoms with Crippen molar-refractivity contribution in [2.45, 2.75) is 37.6 Å². The van der Waals surface area contributed by atoms with Gasteiger partial charge in [0.1, 0.15) is 30.2 Å². The lowest BCUT2D eigenvalue weighted by molar-refractivity contribution is -0.0865. The summed E-state index contributed by atoms with van der Waals surface area (Å²) in [5.41, 5.74) is 0.611. The van der Waals surface area contributed by atoms with Crippen molar-refractivity contribution in [1.82, 2.24) is 4.57 Å². The Balaban J connectivity index is 1.90. The molecule has 1 aliphatic heterocycles. The van der Waals surface area contributed by atoms with Crippen LogP contribution >= 0.6 is 0 Å². The van der Waals surface area contributed by atoms with Gasteiger partial charge in [-0.05, 0) is 24.6 Å². The molecule has 5 nitrogen and oxygen atoms in total. The van der Waals surface area contributed by atoms with E-state index in [0.717, 1.165) is 24.4 Å². The molecule has 140 valence electrons. The van der Waals surface area contributed by atoms with Gasteiger partial charge in [0.15, 0.2) is 17.9 Å². The van der Waals surface area contributed by atoms with Crippen molar-refractivity contribution in [2.75, 3.05) is 0 Å². The Morgan fingerprint density at radius 3 is 2.42 bits per heavy atom. The third-order valence-electron chi connectivity index (χ3n) is 4.64. The molecule has 1 aromatic carbocycles. The summed E-state index contributed by atoms with van der Waals surface area (Å²) >= 11 is 0. The SMILES string of the molecule is C=Cc1c(F)cn(C2OC(C(O)c3ccc(F)c(F)c3)C(O)C2O)c1C. The van der Waals surface area contributed by atoms with Gasteiger partial charge in [0.05, 0.1) is 0 Å². The third-order valence-corrected chi connectivity index (χ3v) is 4.64. The Kier molecular flexibility index (Phi) is 4.94. The van der Waals surface area contributed by atoms with Crippen molar-refractivity contribution in [2.24, 2.45) is 0 Å². The number of aliphatic hydroxyl groups is 3. The van der Waals surface area contributed by atoms with Crippen LogP contribution in [-0.2, 0) is 4.74 Å². The first-order valence-electron chi connectivity index (χ1n) is 7.90. The summed E-state index contributed by atoms with van der Waals surface area (Å²) in [6, 6.07) is 2.77. The number of aromatic nitrogens is 1. The molecule has 2 aromatic rings. The molecule has 0 amide bonds. The largest absolute Gasteiger partial charge is 0.387 e. The van der Waals surface area contributed by atoms with E-state index >= 15 is 0 Å². The molecule has 1 aromatic heterocycles. The molecule has 3 rings (SSSR count). The standard InChI is InChI=1S/C18H18F3NO4/c1-3-10-8(2)22(7-13(10)21)18-16(25)15(24)17(26-18)14(23)9-4-5-11(19)12(20)6-9/h3-7,14-18,23-25H,1H2,2H3. The van der Waals surface area contributed by atoms with E-state index in [1.807, 2.05) is 0 Å². The summed E-state index contributed by atoms with van der Waals surface area (Å²) in [5.74, 6) is -2.82. The van der Waals surface area contributed by atoms with Crippen LogP contribution in [0, 0.1) is 24.4 Å². The second kappa shape index (κ2) is 6.88. The monoisotopic (exact) mass is 369 g/mol. The third kappa shape index (κ3) is 2.95. The summed E-state index contributed by atoms with van der Waals surface area (Å²) in [7, 11) is 0. The number of hydrogen-bond donors (Lipinski definition) is 3. The van der Waals surface area contributed by atoms with Crippen molar-refractivity contribution in [1.29, 1.82) is 0 Å². The Morgan fingerprint density at radius 2 is 1.85 bits per heavy atom. The molecule has 0 aliphatic carbocycles. The Bertz CT molecular complexity index is 838. The molecule has 5 atom stereocenters. The van der Waals surface area contributed by atoms with Crippen molar-refractivity contribution in [3.05, 3.63) is 65.2 Å². The zero-order valence-corrected chi connectivity index (χ0v) is 13.8. The molecular formula is C18H18F3NO4. The van der Waals surface area contributed by atoms with Gasteiger partial charge < -0.3 is 24.6 Å². The van der Waals surface area contributed by atoms with Crippen molar-refractivity contribution in [3.63, 3.8) is 0 Å². The van der Waals surface area contributed by atoms with Gasteiger partial charge in [0.2, 0.25) is 0 Å². The van der Waals surface area contributed by atoms with Gasteiger partial charge in [0.25, 0.3) is 0 Å². The van der Waals surface area contributed by atoms with Gasteiger partial charge in [-0.1, -0.05) is 18.7 Å². The normalized spacial score (nSPS) is 26.9. The highest BCUT2D eigenvalue weighted by atomic mass is 19.2. The van der Waals surface area contributed by atoms with Crippen LogP contribution in [0.25, 0.3) is 6.08 Å². The molecular weight excluding hydrogens is 351 g/mol. The lowest BCUT2D eigenvalue weighted by atomic mass is 9.99. The molecule has 1 aliphatic rings. The molecule has 5 unspecified atom stereocenters. The van der Waals surface area contributed by atoms with Gasteiger partial charge in [-0.2, -0.15) is 0 Å². The van der Waals surface area contributed by atoms with Crippen LogP contribution in [0.5, 0.6) is 0 Å². The number of aliphatic hydroxyl groups excluding tert-OH is 3. The van der Waals surface area contributed by atoms with Gasteiger partial charge in [-0.25, -0.2) is 13.2 Å². The molecule has 0 saturated carbocycles. The molecule has 0 spiro atoms. The van der Waals surface area contributed by atoms with Crippen LogP contribution in [0.3, 0.4) is 0 Å². The quantitative estimate of drug-likeness (QED) is 0.773. The zero-order valence-electron chi connectivity index (χ0n) is 13.8. The minimum atomic E-state index is -1.53. The average molecular weight is 369 g/mol. The number of ether oxygens (including phenoxy) is 1. The summed E-state index contributed by atoms with van der Waals surface area (Å²) in [5, 5.41) is 30.9. The molecule has 0 radical (unpaired) electrons. The maximum atomic E-state index is 13.9. The highest BCUT2D eigenvalue weighted by molar-refractivity contribution is 5.51. The van der Waals surface area contributed by atoms with Crippen molar-refractivity contribution in [3.8, 4) is 0 Å². The second-order valence-electron chi connectivity index (χ2n) is 6.18. The van der Waals surface area contributed by atoms with Crippen LogP contribution in [0.4, 0.5) is 13.2 Å². The van der Waals surface area contributed by atoms with Crippen LogP contribution in [0.2, 0.25) is 0 Å². The number of benzene rings is 1. The summed E-state index contributed by atoms with van der Waals surface area (Å²) < 4.78 is 47.2. The van der Waals surface area contributed by atoms with Gasteiger partial charge in [-0.3, -0.25) is 0 Å². The van der Waals surface area contributed by atoms with E-state index < -0.39 is 48.1 Å². The average Bonchev–Trinajstić information content (AvgIpc) is 3.06. The van der Waals surface area contributed by atoms with E-state index in [9.17, 15) is 28.5 Å². The number of halogens is 3. The topological polar surface area (TPSA) is 74.9 Å². The molecule has 26 heavy (non-hydrogen) atoms. The van der Waals surface area contributed by atoms with E-state index in [-0.39, 0.29) is 11.1 Å². The van der Waals surface area contributed by atoms with Crippen LogP contribution in [0.15, 0.2) is 31.0 Å². The second-order valence-corrected chi connectivity index (χ2v) is 6.18. The van der Waals surface area contributed by atoms with Gasteiger partial charge >= 0.3 is 0 Å². The minimum absolute atomic E-state index is 0.0250. The van der Waals surface area contributed by atoms with Crippen molar-refractivity contribution < 1.29 is 33.2 Å². The zero-order chi connectivity index (χ0) is 19.2. The number of nitrogens with zero attached hydrogens (tertiary/aromatic N) is 1. The van der Waals surface area contributed by atoms with E-state index in [4.69, 9.17) is 4.74 Å². The Labute approximate surface area is 147 Å². The summed E-state index contributed by atoms with van der Waals surface area (Å²) in [4.78, 5) is 0. The fraction of sp³-hybridized carbons (Fsp3) is 0.333. The van der Waals surface area contributed by atoms with Gasteiger partial charge in [-0.15, -0.1) is 0 Å². The molecule has 1 fully saturated rings. The lowest BCUT2D eigenvalue weighted by Crippen LogP contribution is -2.35. The molecule has 1 saturated heterocycles. The molecule has 0 bridgehead atoms. The summed E-state index contributed by atoms with van der Waals surface area (Å²) in [6.07, 6.45) is -4.61. The maximum absolute atomic E-state index is 13.9. The lowest BCUT2D eigenvalue weighted by Gasteiger charge is -2.21. The predicted octanol–water partition coefficient (Wildman–Crippen LogP) is 2.21. The summed E-state index contributed by atoms with van der Waals surface area (Å²) in [6.45, 7) is 5.10. The fourth-order valence-electron chi connectivity index (χ4n) is 3.17. The maximum Gasteiger partial charge on any atom is 0.163 e. The first-order valence-corrected chi connectivity index (χ1v) is 7.90. The fourth-order valence-corrected chi connectivity index (χ4v) is 3.17. The van der Waals surface area contributed by atoms with E-state index in [1.165, 1.54) is 10.6 Å². The first kappa shape index (κ1) is 18.7. The number of hydrogen-bond acceptors (Lipinski definition) is 4. The van der Waals surface area contributed by atoms with E-state index in [2.05, 4.69) is 6.58 Å². The first-order chi connectivity index (χ1) is 12.3. The molecule has 2 heterocycles. The minimum Gasteiger partial charge on any atom is -0.387 e. The number of rotatable bonds is 4. The Hall–Kier alpha value is -2.13. The predicted molar refractivity (Wildman–Crippen MR) is 86.5 cm³/mol. The van der Waals surface area contributed by atoms with Crippen LogP contribution < -0.4 is 0 Å². The highest BCUT2D eigenvalue weighted by Crippen LogP contribution is 2.37.